The van der Waals surface area contributed by atoms with E-state index in [9.17, 15) is 13.6 Å². The third kappa shape index (κ3) is 4.24. The van der Waals surface area contributed by atoms with E-state index in [0.29, 0.717) is 22.1 Å². The molecule has 0 saturated heterocycles. The summed E-state index contributed by atoms with van der Waals surface area (Å²) in [4.78, 5) is 10.4. The van der Waals surface area contributed by atoms with Gasteiger partial charge in [-0.05, 0) is 34.1 Å². The molecule has 0 radical (unpaired) electrons. The van der Waals surface area contributed by atoms with Gasteiger partial charge in [0.15, 0.2) is 0 Å². The van der Waals surface area contributed by atoms with E-state index in [0.717, 1.165) is 0 Å². The van der Waals surface area contributed by atoms with Crippen LogP contribution in [0.3, 0.4) is 0 Å². The summed E-state index contributed by atoms with van der Waals surface area (Å²) in [5, 5.41) is 0. The van der Waals surface area contributed by atoms with Crippen molar-refractivity contribution in [3.05, 3.63) is 28.2 Å². The monoisotopic (exact) mass is 294 g/mol. The van der Waals surface area contributed by atoms with Gasteiger partial charge in [-0.15, -0.1) is 0 Å². The van der Waals surface area contributed by atoms with Crippen molar-refractivity contribution < 1.29 is 23.0 Å². The van der Waals surface area contributed by atoms with Crippen molar-refractivity contribution in [3.8, 4) is 5.75 Å². The molecular weight excluding hydrogens is 286 g/mol. The van der Waals surface area contributed by atoms with Gasteiger partial charge < -0.3 is 9.47 Å². The predicted molar refractivity (Wildman–Crippen MR) is 57.0 cm³/mol. The minimum absolute atomic E-state index is 0.0172. The van der Waals surface area contributed by atoms with Crippen molar-refractivity contribution in [2.24, 2.45) is 0 Å². The Hall–Kier alpha value is -1.01. The smallest absolute Gasteiger partial charge is 0.345 e. The van der Waals surface area contributed by atoms with Crippen LogP contribution in [0.1, 0.15) is 10.4 Å². The quantitative estimate of drug-likeness (QED) is 0.598. The number of halogens is 3. The van der Waals surface area contributed by atoms with E-state index >= 15 is 0 Å². The van der Waals surface area contributed by atoms with Crippen LogP contribution in [0.25, 0.3) is 0 Å². The lowest BCUT2D eigenvalue weighted by atomic mass is 10.2. The standard InChI is InChI=1S/C10H9BrF2O3/c11-8-5-7(6-14)1-2-9(8)15-3-4-16-10(12)13/h1-2,5-6,10H,3-4H2. The van der Waals surface area contributed by atoms with E-state index in [4.69, 9.17) is 4.74 Å². The Balaban J connectivity index is 2.45. The Bertz CT molecular complexity index is 358. The highest BCUT2D eigenvalue weighted by atomic mass is 79.9. The van der Waals surface area contributed by atoms with Crippen LogP contribution in [-0.2, 0) is 4.74 Å². The third-order valence-electron chi connectivity index (χ3n) is 1.68. The molecule has 0 N–H and O–H groups in total. The van der Waals surface area contributed by atoms with Gasteiger partial charge in [-0.1, -0.05) is 0 Å². The van der Waals surface area contributed by atoms with E-state index in [-0.39, 0.29) is 13.2 Å². The number of alkyl halides is 2. The zero-order chi connectivity index (χ0) is 12.0. The minimum Gasteiger partial charge on any atom is -0.490 e. The van der Waals surface area contributed by atoms with Gasteiger partial charge in [0.05, 0.1) is 11.1 Å². The molecular formula is C10H9BrF2O3. The van der Waals surface area contributed by atoms with E-state index in [1.54, 1.807) is 18.2 Å². The van der Waals surface area contributed by atoms with Gasteiger partial charge in [-0.25, -0.2) is 0 Å². The number of ether oxygens (including phenoxy) is 2. The van der Waals surface area contributed by atoms with E-state index in [1.807, 2.05) is 0 Å². The Morgan fingerprint density at radius 1 is 1.38 bits per heavy atom. The van der Waals surface area contributed by atoms with Crippen LogP contribution in [0, 0.1) is 0 Å². The molecule has 0 aliphatic carbocycles. The van der Waals surface area contributed by atoms with Gasteiger partial charge in [0.2, 0.25) is 0 Å². The summed E-state index contributed by atoms with van der Waals surface area (Å²) in [7, 11) is 0. The molecule has 0 saturated carbocycles. The van der Waals surface area contributed by atoms with Crippen LogP contribution >= 0.6 is 15.9 Å². The zero-order valence-electron chi connectivity index (χ0n) is 8.16. The number of rotatable bonds is 6. The first-order chi connectivity index (χ1) is 7.63. The molecule has 0 aliphatic rings. The lowest BCUT2D eigenvalue weighted by Crippen LogP contribution is -2.09. The second kappa shape index (κ2) is 6.55. The zero-order valence-corrected chi connectivity index (χ0v) is 9.75. The van der Waals surface area contributed by atoms with Crippen LogP contribution < -0.4 is 4.74 Å². The Morgan fingerprint density at radius 3 is 2.69 bits per heavy atom. The highest BCUT2D eigenvalue weighted by Crippen LogP contribution is 2.25. The molecule has 0 bridgehead atoms. The number of benzene rings is 1. The summed E-state index contributed by atoms with van der Waals surface area (Å²) in [6, 6.07) is 4.73. The fraction of sp³-hybridized carbons (Fsp3) is 0.300. The number of hydrogen-bond acceptors (Lipinski definition) is 3. The van der Waals surface area contributed by atoms with Crippen molar-refractivity contribution in [1.82, 2.24) is 0 Å². The number of hydrogen-bond donors (Lipinski definition) is 0. The summed E-state index contributed by atoms with van der Waals surface area (Å²) < 4.78 is 33.0. The molecule has 0 fully saturated rings. The highest BCUT2D eigenvalue weighted by Gasteiger charge is 2.04. The summed E-state index contributed by atoms with van der Waals surface area (Å²) in [5.41, 5.74) is 0.503. The van der Waals surface area contributed by atoms with Gasteiger partial charge in [-0.3, -0.25) is 4.79 Å². The number of carbonyl (C=O) groups is 1. The Morgan fingerprint density at radius 2 is 2.12 bits per heavy atom. The fourth-order valence-corrected chi connectivity index (χ4v) is 1.51. The highest BCUT2D eigenvalue weighted by molar-refractivity contribution is 9.10. The van der Waals surface area contributed by atoms with E-state index in [2.05, 4.69) is 20.7 Å². The van der Waals surface area contributed by atoms with Crippen molar-refractivity contribution in [3.63, 3.8) is 0 Å². The molecule has 88 valence electrons. The molecule has 1 aromatic carbocycles. The molecule has 0 spiro atoms. The van der Waals surface area contributed by atoms with Crippen molar-refractivity contribution >= 4 is 22.2 Å². The summed E-state index contributed by atoms with van der Waals surface area (Å²) in [6.45, 7) is -2.97. The normalized spacial score (nSPS) is 10.5. The lowest BCUT2D eigenvalue weighted by Gasteiger charge is -2.08. The van der Waals surface area contributed by atoms with Gasteiger partial charge in [0, 0.05) is 5.56 Å². The first-order valence-corrected chi connectivity index (χ1v) is 5.20. The second-order valence-corrected chi connectivity index (χ2v) is 3.64. The molecule has 6 heteroatoms. The molecule has 0 aliphatic heterocycles. The molecule has 0 amide bonds. The van der Waals surface area contributed by atoms with Crippen LogP contribution in [0.5, 0.6) is 5.75 Å². The molecule has 16 heavy (non-hydrogen) atoms. The van der Waals surface area contributed by atoms with E-state index < -0.39 is 6.61 Å². The molecule has 1 aromatic rings. The van der Waals surface area contributed by atoms with Crippen LogP contribution in [-0.4, -0.2) is 26.1 Å². The van der Waals surface area contributed by atoms with Gasteiger partial charge in [0.1, 0.15) is 18.6 Å². The SMILES string of the molecule is O=Cc1ccc(OCCOC(F)F)c(Br)c1. The molecule has 0 aromatic heterocycles. The predicted octanol–water partition coefficient (Wildman–Crippen LogP) is 2.88. The molecule has 0 unspecified atom stereocenters. The second-order valence-electron chi connectivity index (χ2n) is 2.79. The van der Waals surface area contributed by atoms with Crippen LogP contribution in [0.2, 0.25) is 0 Å². The Labute approximate surface area is 99.5 Å². The Kier molecular flexibility index (Phi) is 5.34. The van der Waals surface area contributed by atoms with Crippen molar-refractivity contribution in [2.45, 2.75) is 6.61 Å². The van der Waals surface area contributed by atoms with Gasteiger partial charge >= 0.3 is 6.61 Å². The van der Waals surface area contributed by atoms with E-state index in [1.165, 1.54) is 0 Å². The number of aldehydes is 1. The van der Waals surface area contributed by atoms with Crippen molar-refractivity contribution in [1.29, 1.82) is 0 Å². The van der Waals surface area contributed by atoms with Gasteiger partial charge in [0.25, 0.3) is 0 Å². The first kappa shape index (κ1) is 13.1. The molecule has 0 heterocycles. The summed E-state index contributed by atoms with van der Waals surface area (Å²) in [5.74, 6) is 0.475. The maximum absolute atomic E-state index is 11.6. The average Bonchev–Trinajstić information content (AvgIpc) is 2.25. The summed E-state index contributed by atoms with van der Waals surface area (Å²) in [6.07, 6.45) is 0.703. The third-order valence-corrected chi connectivity index (χ3v) is 2.30. The van der Waals surface area contributed by atoms with Gasteiger partial charge in [-0.2, -0.15) is 8.78 Å². The maximum atomic E-state index is 11.6. The minimum atomic E-state index is -2.79. The fourth-order valence-electron chi connectivity index (χ4n) is 0.996. The molecule has 0 atom stereocenters. The largest absolute Gasteiger partial charge is 0.490 e. The topological polar surface area (TPSA) is 35.5 Å². The maximum Gasteiger partial charge on any atom is 0.345 e. The van der Waals surface area contributed by atoms with Crippen LogP contribution in [0.4, 0.5) is 8.78 Å². The van der Waals surface area contributed by atoms with Crippen molar-refractivity contribution in [2.75, 3.05) is 13.2 Å². The first-order valence-electron chi connectivity index (χ1n) is 4.41. The van der Waals surface area contributed by atoms with Crippen LogP contribution in [0.15, 0.2) is 22.7 Å². The average molecular weight is 295 g/mol. The molecule has 1 rings (SSSR count). The molecule has 3 nitrogen and oxygen atoms in total. The number of carbonyl (C=O) groups excluding carboxylic acids is 1. The summed E-state index contributed by atoms with van der Waals surface area (Å²) >= 11 is 3.20. The lowest BCUT2D eigenvalue weighted by molar-refractivity contribution is -0.133.